The van der Waals surface area contributed by atoms with Gasteiger partial charge in [-0.15, -0.1) is 11.3 Å². The third kappa shape index (κ3) is 2.16. The number of rotatable bonds is 2. The van der Waals surface area contributed by atoms with E-state index in [1.54, 1.807) is 0 Å². The third-order valence-corrected chi connectivity index (χ3v) is 2.01. The van der Waals surface area contributed by atoms with Crippen molar-refractivity contribution in [2.45, 2.75) is 12.7 Å². The first-order valence-corrected chi connectivity index (χ1v) is 3.87. The number of thiazole rings is 1. The van der Waals surface area contributed by atoms with Crippen LogP contribution in [0.4, 0.5) is 13.2 Å². The maximum atomic E-state index is 11.9. The van der Waals surface area contributed by atoms with Crippen LogP contribution in [0.25, 0.3) is 0 Å². The number of nitrogens with one attached hydrogen (secondary N) is 1. The van der Waals surface area contributed by atoms with Gasteiger partial charge in [-0.2, -0.15) is 13.2 Å². The number of nitrogens with two attached hydrogens (primary N) is 1. The Bertz CT molecular complexity index is 257. The van der Waals surface area contributed by atoms with Crippen molar-refractivity contribution in [1.29, 1.82) is 0 Å². The van der Waals surface area contributed by atoms with Crippen LogP contribution in [0.1, 0.15) is 10.7 Å². The number of hydrogen-bond donors (Lipinski definition) is 2. The minimum absolute atomic E-state index is 0.145. The zero-order valence-corrected chi connectivity index (χ0v) is 6.67. The summed E-state index contributed by atoms with van der Waals surface area (Å²) < 4.78 is 35.8. The molecule has 1 rings (SSSR count). The summed E-state index contributed by atoms with van der Waals surface area (Å²) in [7, 11) is 0. The fourth-order valence-corrected chi connectivity index (χ4v) is 1.31. The normalized spacial score (nSPS) is 12.0. The van der Waals surface area contributed by atoms with E-state index in [-0.39, 0.29) is 6.54 Å². The third-order valence-electron chi connectivity index (χ3n) is 1.08. The number of hydrogen-bond acceptors (Lipinski definition) is 4. The predicted molar refractivity (Wildman–Crippen MR) is 38.1 cm³/mol. The molecule has 0 bridgehead atoms. The van der Waals surface area contributed by atoms with Crippen LogP contribution in [0.2, 0.25) is 0 Å². The molecule has 1 heterocycles. The van der Waals surface area contributed by atoms with Gasteiger partial charge in [0.2, 0.25) is 0 Å². The molecule has 0 spiro atoms. The van der Waals surface area contributed by atoms with Crippen molar-refractivity contribution in [2.75, 3.05) is 0 Å². The zero-order valence-electron chi connectivity index (χ0n) is 5.85. The van der Waals surface area contributed by atoms with Crippen LogP contribution in [0.15, 0.2) is 5.38 Å². The lowest BCUT2D eigenvalue weighted by molar-refractivity contribution is -0.137. The van der Waals surface area contributed by atoms with Gasteiger partial charge in [0.25, 0.3) is 0 Å². The molecule has 0 saturated carbocycles. The molecule has 0 amide bonds. The van der Waals surface area contributed by atoms with Crippen LogP contribution in [0.3, 0.4) is 0 Å². The van der Waals surface area contributed by atoms with Gasteiger partial charge in [-0.05, 0) is 0 Å². The molecule has 3 nitrogen and oxygen atoms in total. The molecule has 12 heavy (non-hydrogen) atoms. The number of hydrazine groups is 1. The monoisotopic (exact) mass is 197 g/mol. The molecule has 0 unspecified atom stereocenters. The van der Waals surface area contributed by atoms with Gasteiger partial charge in [0.15, 0.2) is 5.01 Å². The number of alkyl halides is 3. The maximum Gasteiger partial charge on any atom is 0.443 e. The summed E-state index contributed by atoms with van der Waals surface area (Å²) in [6, 6.07) is 0. The van der Waals surface area contributed by atoms with E-state index in [0.29, 0.717) is 17.0 Å². The van der Waals surface area contributed by atoms with Crippen molar-refractivity contribution in [2.24, 2.45) is 5.84 Å². The van der Waals surface area contributed by atoms with E-state index in [4.69, 9.17) is 5.84 Å². The second kappa shape index (κ2) is 3.38. The topological polar surface area (TPSA) is 50.9 Å². The molecule has 0 aromatic carbocycles. The standard InChI is InChI=1S/C5H6F3N3S/c6-5(7,8)4-11-3(1-10-9)2-12-4/h2,10H,1,9H2. The first-order valence-electron chi connectivity index (χ1n) is 2.99. The van der Waals surface area contributed by atoms with Crippen LogP contribution in [-0.2, 0) is 12.7 Å². The van der Waals surface area contributed by atoms with E-state index in [0.717, 1.165) is 0 Å². The van der Waals surface area contributed by atoms with Crippen LogP contribution >= 0.6 is 11.3 Å². The Morgan fingerprint density at radius 3 is 2.67 bits per heavy atom. The quantitative estimate of drug-likeness (QED) is 0.552. The molecule has 3 N–H and O–H groups in total. The van der Waals surface area contributed by atoms with Gasteiger partial charge < -0.3 is 0 Å². The highest BCUT2D eigenvalue weighted by Crippen LogP contribution is 2.31. The van der Waals surface area contributed by atoms with E-state index in [1.807, 2.05) is 0 Å². The fraction of sp³-hybridized carbons (Fsp3) is 0.400. The predicted octanol–water partition coefficient (Wildman–Crippen LogP) is 1.13. The number of aromatic nitrogens is 1. The minimum Gasteiger partial charge on any atom is -0.271 e. The van der Waals surface area contributed by atoms with E-state index in [2.05, 4.69) is 10.4 Å². The summed E-state index contributed by atoms with van der Waals surface area (Å²) in [6.07, 6.45) is -4.35. The summed E-state index contributed by atoms with van der Waals surface area (Å²) in [6.45, 7) is 0.145. The molecule has 7 heteroatoms. The average molecular weight is 197 g/mol. The van der Waals surface area contributed by atoms with Gasteiger partial charge in [-0.3, -0.25) is 11.3 Å². The second-order valence-electron chi connectivity index (χ2n) is 2.02. The smallest absolute Gasteiger partial charge is 0.271 e. The van der Waals surface area contributed by atoms with Crippen LogP contribution in [0.5, 0.6) is 0 Å². The highest BCUT2D eigenvalue weighted by atomic mass is 32.1. The molecule has 0 aliphatic carbocycles. The second-order valence-corrected chi connectivity index (χ2v) is 2.88. The summed E-state index contributed by atoms with van der Waals surface area (Å²) in [4.78, 5) is 3.32. The Balaban J connectivity index is 2.77. The Morgan fingerprint density at radius 1 is 1.58 bits per heavy atom. The van der Waals surface area contributed by atoms with Gasteiger partial charge in [0.1, 0.15) is 0 Å². The van der Waals surface area contributed by atoms with Gasteiger partial charge in [0.05, 0.1) is 12.2 Å². The van der Waals surface area contributed by atoms with Crippen LogP contribution in [0, 0.1) is 0 Å². The van der Waals surface area contributed by atoms with Crippen LogP contribution < -0.4 is 11.3 Å². The lowest BCUT2D eigenvalue weighted by atomic mass is 10.5. The molecule has 0 fully saturated rings. The molecule has 1 aromatic heterocycles. The SMILES string of the molecule is NNCc1csc(C(F)(F)F)n1. The van der Waals surface area contributed by atoms with Gasteiger partial charge in [-0.25, -0.2) is 4.98 Å². The molecule has 0 atom stereocenters. The molecule has 1 aromatic rings. The molecule has 0 saturated heterocycles. The van der Waals surface area contributed by atoms with Gasteiger partial charge in [-0.1, -0.05) is 0 Å². The van der Waals surface area contributed by atoms with E-state index < -0.39 is 11.2 Å². The maximum absolute atomic E-state index is 11.9. The van der Waals surface area contributed by atoms with Gasteiger partial charge >= 0.3 is 6.18 Å². The number of halogens is 3. The van der Waals surface area contributed by atoms with E-state index in [9.17, 15) is 13.2 Å². The van der Waals surface area contributed by atoms with Crippen molar-refractivity contribution in [3.63, 3.8) is 0 Å². The molecule has 0 radical (unpaired) electrons. The molecular weight excluding hydrogens is 191 g/mol. The highest BCUT2D eigenvalue weighted by molar-refractivity contribution is 7.09. The van der Waals surface area contributed by atoms with Crippen molar-refractivity contribution >= 4 is 11.3 Å². The summed E-state index contributed by atoms with van der Waals surface area (Å²) in [5.74, 6) is 4.91. The Morgan fingerprint density at radius 2 is 2.25 bits per heavy atom. The molecule has 68 valence electrons. The van der Waals surface area contributed by atoms with Crippen molar-refractivity contribution < 1.29 is 13.2 Å². The lowest BCUT2D eigenvalue weighted by Crippen LogP contribution is -2.21. The summed E-state index contributed by atoms with van der Waals surface area (Å²) in [5, 5.41) is 0.482. The van der Waals surface area contributed by atoms with Crippen molar-refractivity contribution in [3.8, 4) is 0 Å². The first-order chi connectivity index (χ1) is 5.54. The molecule has 0 aliphatic rings. The summed E-state index contributed by atoms with van der Waals surface area (Å²) in [5.41, 5.74) is 2.53. The van der Waals surface area contributed by atoms with Crippen LogP contribution in [-0.4, -0.2) is 4.98 Å². The van der Waals surface area contributed by atoms with Crippen molar-refractivity contribution in [3.05, 3.63) is 16.1 Å². The van der Waals surface area contributed by atoms with Crippen molar-refractivity contribution in [1.82, 2.24) is 10.4 Å². The first kappa shape index (κ1) is 9.43. The largest absolute Gasteiger partial charge is 0.443 e. The lowest BCUT2D eigenvalue weighted by Gasteiger charge is -1.99. The molecule has 0 aliphatic heterocycles. The highest BCUT2D eigenvalue weighted by Gasteiger charge is 2.34. The fourth-order valence-electron chi connectivity index (χ4n) is 0.623. The Kier molecular flexibility index (Phi) is 2.65. The Hall–Kier alpha value is -0.660. The molecular formula is C5H6F3N3S. The number of nitrogens with zero attached hydrogens (tertiary/aromatic N) is 1. The average Bonchev–Trinajstić information content (AvgIpc) is 2.35. The van der Waals surface area contributed by atoms with E-state index in [1.165, 1.54) is 5.38 Å². The zero-order chi connectivity index (χ0) is 9.19. The Labute approximate surface area is 70.4 Å². The minimum atomic E-state index is -4.35. The van der Waals surface area contributed by atoms with Gasteiger partial charge in [0, 0.05) is 5.38 Å². The summed E-state index contributed by atoms with van der Waals surface area (Å²) >= 11 is 0.565. The van der Waals surface area contributed by atoms with E-state index >= 15 is 0 Å².